The molecule has 2 aliphatic carbocycles. The van der Waals surface area contributed by atoms with E-state index >= 15 is 0 Å². The largest absolute Gasteiger partial charge is 0.481 e. The van der Waals surface area contributed by atoms with Gasteiger partial charge in [0.2, 0.25) is 5.91 Å². The highest BCUT2D eigenvalue weighted by Gasteiger charge is 2.40. The Morgan fingerprint density at radius 1 is 1.26 bits per heavy atom. The van der Waals surface area contributed by atoms with Crippen LogP contribution in [-0.4, -0.2) is 35.0 Å². The molecule has 1 amide bonds. The summed E-state index contributed by atoms with van der Waals surface area (Å²) in [4.78, 5) is 25.3. The van der Waals surface area contributed by atoms with E-state index in [0.717, 1.165) is 25.7 Å². The fraction of sp³-hybridized carbons (Fsp3) is 0.867. The third-order valence-electron chi connectivity index (χ3n) is 5.03. The summed E-state index contributed by atoms with van der Waals surface area (Å²) in [5, 5.41) is 9.07. The van der Waals surface area contributed by atoms with Crippen molar-refractivity contribution in [2.75, 3.05) is 7.05 Å². The third-order valence-corrected chi connectivity index (χ3v) is 5.03. The minimum atomic E-state index is -0.771. The molecule has 0 spiro atoms. The Morgan fingerprint density at radius 2 is 1.84 bits per heavy atom. The van der Waals surface area contributed by atoms with Gasteiger partial charge in [-0.2, -0.15) is 0 Å². The summed E-state index contributed by atoms with van der Waals surface area (Å²) < 4.78 is 0. The van der Waals surface area contributed by atoms with Crippen molar-refractivity contribution >= 4 is 11.9 Å². The number of rotatable bonds is 6. The van der Waals surface area contributed by atoms with E-state index in [2.05, 4.69) is 6.92 Å². The molecule has 1 unspecified atom stereocenters. The second-order valence-corrected chi connectivity index (χ2v) is 6.54. The maximum atomic E-state index is 12.4. The van der Waals surface area contributed by atoms with Crippen molar-refractivity contribution in [3.8, 4) is 0 Å². The molecule has 2 aliphatic rings. The summed E-state index contributed by atoms with van der Waals surface area (Å²) in [5.41, 5.74) is -0.277. The van der Waals surface area contributed by atoms with Crippen LogP contribution in [0.2, 0.25) is 0 Å². The molecule has 4 nitrogen and oxygen atoms in total. The number of nitrogens with zero attached hydrogens (tertiary/aromatic N) is 1. The second kappa shape index (κ2) is 5.51. The minimum Gasteiger partial charge on any atom is -0.481 e. The molecule has 0 aromatic heterocycles. The van der Waals surface area contributed by atoms with Gasteiger partial charge in [0.25, 0.3) is 0 Å². The van der Waals surface area contributed by atoms with E-state index in [9.17, 15) is 9.59 Å². The summed E-state index contributed by atoms with van der Waals surface area (Å²) >= 11 is 0. The summed E-state index contributed by atoms with van der Waals surface area (Å²) in [6, 6.07) is 0.302. The molecule has 1 atom stereocenters. The number of carbonyl (C=O) groups is 2. The Labute approximate surface area is 115 Å². The Kier molecular flexibility index (Phi) is 4.16. The van der Waals surface area contributed by atoms with Gasteiger partial charge in [-0.15, -0.1) is 0 Å². The average molecular weight is 267 g/mol. The van der Waals surface area contributed by atoms with Gasteiger partial charge in [0.1, 0.15) is 0 Å². The Balaban J connectivity index is 1.96. The van der Waals surface area contributed by atoms with E-state index in [1.54, 1.807) is 0 Å². The van der Waals surface area contributed by atoms with E-state index < -0.39 is 5.97 Å². The zero-order valence-electron chi connectivity index (χ0n) is 12.0. The zero-order chi connectivity index (χ0) is 14.0. The number of carbonyl (C=O) groups excluding carboxylic acids is 1. The van der Waals surface area contributed by atoms with Crippen LogP contribution in [0, 0.1) is 11.3 Å². The number of carboxylic acid groups (broad SMARTS) is 1. The lowest BCUT2D eigenvalue weighted by molar-refractivity contribution is -0.141. The number of amides is 1. The van der Waals surface area contributed by atoms with Crippen LogP contribution in [0.5, 0.6) is 0 Å². The fourth-order valence-corrected chi connectivity index (χ4v) is 3.43. The van der Waals surface area contributed by atoms with Crippen molar-refractivity contribution in [3.63, 3.8) is 0 Å². The highest BCUT2D eigenvalue weighted by molar-refractivity contribution is 5.78. The summed E-state index contributed by atoms with van der Waals surface area (Å²) in [6.07, 6.45) is 6.88. The number of hydrogen-bond acceptors (Lipinski definition) is 2. The van der Waals surface area contributed by atoms with E-state index in [4.69, 9.17) is 5.11 Å². The molecule has 0 aliphatic heterocycles. The first-order chi connectivity index (χ1) is 8.93. The molecule has 0 aromatic rings. The summed E-state index contributed by atoms with van der Waals surface area (Å²) in [6.45, 7) is 2.11. The third kappa shape index (κ3) is 3.48. The standard InChI is InChI=1S/C15H25NO3/c1-11(12-5-6-12)16(2)13(17)9-15(10-14(18)19)7-3-4-8-15/h11-12H,3-10H2,1-2H3,(H,18,19). The highest BCUT2D eigenvalue weighted by Crippen LogP contribution is 2.45. The van der Waals surface area contributed by atoms with Crippen LogP contribution >= 0.6 is 0 Å². The van der Waals surface area contributed by atoms with Gasteiger partial charge in [-0.25, -0.2) is 0 Å². The van der Waals surface area contributed by atoms with Crippen molar-refractivity contribution in [1.82, 2.24) is 4.90 Å². The van der Waals surface area contributed by atoms with Crippen LogP contribution in [0.1, 0.15) is 58.3 Å². The molecular formula is C15H25NO3. The van der Waals surface area contributed by atoms with Crippen LogP contribution in [0.4, 0.5) is 0 Å². The highest BCUT2D eigenvalue weighted by atomic mass is 16.4. The number of carboxylic acids is 1. The van der Waals surface area contributed by atoms with Crippen LogP contribution in [0.15, 0.2) is 0 Å². The Morgan fingerprint density at radius 3 is 2.32 bits per heavy atom. The predicted molar refractivity (Wildman–Crippen MR) is 72.7 cm³/mol. The van der Waals surface area contributed by atoms with Crippen molar-refractivity contribution < 1.29 is 14.7 Å². The molecule has 4 heteroatoms. The molecule has 2 fully saturated rings. The molecule has 2 saturated carbocycles. The molecule has 0 saturated heterocycles. The van der Waals surface area contributed by atoms with Crippen molar-refractivity contribution in [3.05, 3.63) is 0 Å². The quantitative estimate of drug-likeness (QED) is 0.805. The maximum absolute atomic E-state index is 12.4. The molecule has 0 aromatic carbocycles. The van der Waals surface area contributed by atoms with Gasteiger partial charge in [-0.05, 0) is 43.9 Å². The molecule has 108 valence electrons. The SMILES string of the molecule is CC(C1CC1)N(C)C(=O)CC1(CC(=O)O)CCCC1. The lowest BCUT2D eigenvalue weighted by Gasteiger charge is -2.31. The first-order valence-electron chi connectivity index (χ1n) is 7.41. The van der Waals surface area contributed by atoms with Crippen LogP contribution < -0.4 is 0 Å². The molecular weight excluding hydrogens is 242 g/mol. The number of hydrogen-bond donors (Lipinski definition) is 1. The summed E-state index contributed by atoms with van der Waals surface area (Å²) in [5.74, 6) is 0.0168. The van der Waals surface area contributed by atoms with E-state index in [1.807, 2.05) is 11.9 Å². The van der Waals surface area contributed by atoms with Gasteiger partial charge in [-0.1, -0.05) is 12.8 Å². The van der Waals surface area contributed by atoms with Gasteiger partial charge in [0.15, 0.2) is 0 Å². The van der Waals surface area contributed by atoms with Crippen LogP contribution in [-0.2, 0) is 9.59 Å². The monoisotopic (exact) mass is 267 g/mol. The fourth-order valence-electron chi connectivity index (χ4n) is 3.43. The maximum Gasteiger partial charge on any atom is 0.303 e. The lowest BCUT2D eigenvalue weighted by atomic mass is 9.79. The predicted octanol–water partition coefficient (Wildman–Crippen LogP) is 2.67. The normalized spacial score (nSPS) is 23.1. The van der Waals surface area contributed by atoms with E-state index in [-0.39, 0.29) is 17.7 Å². The molecule has 1 N–H and O–H groups in total. The van der Waals surface area contributed by atoms with Crippen molar-refractivity contribution in [1.29, 1.82) is 0 Å². The van der Waals surface area contributed by atoms with Crippen molar-refractivity contribution in [2.24, 2.45) is 11.3 Å². The van der Waals surface area contributed by atoms with E-state index in [0.29, 0.717) is 18.4 Å². The Hall–Kier alpha value is -1.06. The molecule has 2 rings (SSSR count). The first-order valence-corrected chi connectivity index (χ1v) is 7.41. The van der Waals surface area contributed by atoms with Crippen molar-refractivity contribution in [2.45, 2.75) is 64.3 Å². The van der Waals surface area contributed by atoms with E-state index in [1.165, 1.54) is 12.8 Å². The lowest BCUT2D eigenvalue weighted by Crippen LogP contribution is -2.39. The summed E-state index contributed by atoms with van der Waals surface area (Å²) in [7, 11) is 1.87. The molecule has 19 heavy (non-hydrogen) atoms. The van der Waals surface area contributed by atoms with Crippen LogP contribution in [0.3, 0.4) is 0 Å². The smallest absolute Gasteiger partial charge is 0.303 e. The van der Waals surface area contributed by atoms with Gasteiger partial charge < -0.3 is 10.0 Å². The first kappa shape index (κ1) is 14.4. The average Bonchev–Trinajstić information content (AvgIpc) is 3.09. The minimum absolute atomic E-state index is 0.127. The van der Waals surface area contributed by atoms with Gasteiger partial charge in [0, 0.05) is 19.5 Å². The van der Waals surface area contributed by atoms with Gasteiger partial charge in [-0.3, -0.25) is 9.59 Å². The van der Waals surface area contributed by atoms with Gasteiger partial charge >= 0.3 is 5.97 Å². The molecule has 0 radical (unpaired) electrons. The number of aliphatic carboxylic acids is 1. The second-order valence-electron chi connectivity index (χ2n) is 6.54. The van der Waals surface area contributed by atoms with Crippen LogP contribution in [0.25, 0.3) is 0 Å². The van der Waals surface area contributed by atoms with Gasteiger partial charge in [0.05, 0.1) is 6.42 Å². The Bertz CT molecular complexity index is 356. The molecule has 0 bridgehead atoms. The molecule has 0 heterocycles. The topological polar surface area (TPSA) is 57.6 Å². The zero-order valence-corrected chi connectivity index (χ0v) is 12.0.